The van der Waals surface area contributed by atoms with E-state index in [1.54, 1.807) is 0 Å². The molecule has 2 heterocycles. The van der Waals surface area contributed by atoms with E-state index >= 15 is 0 Å². The normalized spacial score (nSPS) is 12.5. The zero-order chi connectivity index (χ0) is 12.4. The van der Waals surface area contributed by atoms with Crippen molar-refractivity contribution >= 4 is 40.6 Å². The van der Waals surface area contributed by atoms with E-state index in [1.165, 1.54) is 6.07 Å². The van der Waals surface area contributed by atoms with Crippen LogP contribution in [0.3, 0.4) is 0 Å². The second-order valence-electron chi connectivity index (χ2n) is 3.23. The number of nitrogens with zero attached hydrogens (tertiary/aromatic N) is 4. The fourth-order valence-corrected chi connectivity index (χ4v) is 1.72. The highest BCUT2D eigenvalue weighted by molar-refractivity contribution is 6.42. The number of anilines is 1. The molecule has 2 N–H and O–H groups in total. The zero-order valence-electron chi connectivity index (χ0n) is 8.58. The van der Waals surface area contributed by atoms with Crippen LogP contribution in [0, 0.1) is 0 Å². The molecule has 0 aliphatic rings. The topological polar surface area (TPSA) is 79.4 Å². The van der Waals surface area contributed by atoms with Gasteiger partial charge in [0.1, 0.15) is 11.0 Å². The van der Waals surface area contributed by atoms with Crippen LogP contribution in [0.25, 0.3) is 0 Å². The third-order valence-electron chi connectivity index (χ3n) is 1.99. The van der Waals surface area contributed by atoms with Gasteiger partial charge >= 0.3 is 0 Å². The molecule has 1 atom stereocenters. The van der Waals surface area contributed by atoms with Crippen molar-refractivity contribution in [3.63, 3.8) is 0 Å². The van der Waals surface area contributed by atoms with E-state index < -0.39 is 0 Å². The number of rotatable bonds is 3. The number of pyridine rings is 1. The van der Waals surface area contributed by atoms with Crippen LogP contribution >= 0.6 is 34.8 Å². The minimum absolute atomic E-state index is 0.180. The monoisotopic (exact) mass is 292 g/mol. The van der Waals surface area contributed by atoms with E-state index in [4.69, 9.17) is 34.8 Å². The Morgan fingerprint density at radius 3 is 2.71 bits per heavy atom. The average molecular weight is 294 g/mol. The zero-order valence-corrected chi connectivity index (χ0v) is 10.8. The molecule has 9 heteroatoms. The van der Waals surface area contributed by atoms with Crippen LogP contribution in [0.5, 0.6) is 0 Å². The average Bonchev–Trinajstić information content (AvgIpc) is 2.79. The number of halogens is 3. The first-order valence-corrected chi connectivity index (χ1v) is 5.72. The minimum Gasteiger partial charge on any atom is -0.359 e. The predicted molar refractivity (Wildman–Crippen MR) is 65.5 cm³/mol. The molecule has 2 aromatic rings. The van der Waals surface area contributed by atoms with E-state index in [9.17, 15) is 0 Å². The number of tetrazole rings is 1. The van der Waals surface area contributed by atoms with Crippen LogP contribution in [0.4, 0.5) is 5.82 Å². The number of nitrogens with one attached hydrogen (secondary N) is 2. The lowest BCUT2D eigenvalue weighted by atomic mass is 10.3. The van der Waals surface area contributed by atoms with Gasteiger partial charge in [-0.05, 0) is 13.0 Å². The summed E-state index contributed by atoms with van der Waals surface area (Å²) in [5.74, 6) is 0.910. The summed E-state index contributed by atoms with van der Waals surface area (Å²) in [6.45, 7) is 1.84. The Morgan fingerprint density at radius 1 is 1.29 bits per heavy atom. The van der Waals surface area contributed by atoms with Crippen LogP contribution in [-0.4, -0.2) is 25.6 Å². The first kappa shape index (κ1) is 12.3. The van der Waals surface area contributed by atoms with Crippen molar-refractivity contribution in [1.82, 2.24) is 25.6 Å². The van der Waals surface area contributed by atoms with Crippen molar-refractivity contribution in [1.29, 1.82) is 0 Å². The lowest BCUT2D eigenvalue weighted by Gasteiger charge is -2.12. The first-order valence-electron chi connectivity index (χ1n) is 4.59. The van der Waals surface area contributed by atoms with E-state index in [2.05, 4.69) is 30.9 Å². The van der Waals surface area contributed by atoms with Crippen molar-refractivity contribution in [2.24, 2.45) is 0 Å². The summed E-state index contributed by atoms with van der Waals surface area (Å²) in [6, 6.07) is 1.31. The standard InChI is InChI=1S/C8H7Cl3N6/c1-3(7-14-16-17-15-7)12-8-5(10)2-4(9)6(11)13-8/h2-3H,1H3,(H,12,13)(H,14,15,16,17). The highest BCUT2D eigenvalue weighted by atomic mass is 35.5. The highest BCUT2D eigenvalue weighted by Gasteiger charge is 2.14. The molecule has 0 saturated carbocycles. The molecule has 0 aliphatic carbocycles. The van der Waals surface area contributed by atoms with Crippen LogP contribution in [0.15, 0.2) is 6.07 Å². The minimum atomic E-state index is -0.212. The molecule has 0 saturated heterocycles. The highest BCUT2D eigenvalue weighted by Crippen LogP contribution is 2.30. The smallest absolute Gasteiger partial charge is 0.196 e. The third kappa shape index (κ3) is 2.77. The number of aromatic amines is 1. The van der Waals surface area contributed by atoms with Gasteiger partial charge in [-0.2, -0.15) is 5.21 Å². The second kappa shape index (κ2) is 5.03. The van der Waals surface area contributed by atoms with Crippen molar-refractivity contribution in [2.45, 2.75) is 13.0 Å². The molecule has 6 nitrogen and oxygen atoms in total. The summed E-state index contributed by atoms with van der Waals surface area (Å²) in [6.07, 6.45) is 0. The van der Waals surface area contributed by atoms with Gasteiger partial charge in [0.2, 0.25) is 0 Å². The van der Waals surface area contributed by atoms with Crippen LogP contribution in [0.2, 0.25) is 15.2 Å². The SMILES string of the molecule is CC(Nc1nc(Cl)c(Cl)cc1Cl)c1nn[nH]n1. The molecule has 90 valence electrons. The van der Waals surface area contributed by atoms with E-state index in [0.29, 0.717) is 21.7 Å². The molecule has 0 radical (unpaired) electrons. The van der Waals surface area contributed by atoms with E-state index in [-0.39, 0.29) is 11.2 Å². The number of hydrogen-bond acceptors (Lipinski definition) is 5. The molecule has 0 spiro atoms. The maximum absolute atomic E-state index is 5.97. The maximum atomic E-state index is 5.97. The van der Waals surface area contributed by atoms with Gasteiger partial charge in [0, 0.05) is 0 Å². The summed E-state index contributed by atoms with van der Waals surface area (Å²) in [5.41, 5.74) is 0. The van der Waals surface area contributed by atoms with Gasteiger partial charge in [0.25, 0.3) is 0 Å². The van der Waals surface area contributed by atoms with Crippen LogP contribution < -0.4 is 5.32 Å². The molecule has 17 heavy (non-hydrogen) atoms. The van der Waals surface area contributed by atoms with Gasteiger partial charge in [-0.1, -0.05) is 40.0 Å². The largest absolute Gasteiger partial charge is 0.359 e. The lowest BCUT2D eigenvalue weighted by Crippen LogP contribution is -2.10. The van der Waals surface area contributed by atoms with E-state index in [0.717, 1.165) is 0 Å². The van der Waals surface area contributed by atoms with Crippen LogP contribution in [-0.2, 0) is 0 Å². The van der Waals surface area contributed by atoms with Gasteiger partial charge in [-0.3, -0.25) is 0 Å². The van der Waals surface area contributed by atoms with Gasteiger partial charge in [0.05, 0.1) is 16.1 Å². The molecule has 2 aromatic heterocycles. The van der Waals surface area contributed by atoms with Crippen molar-refractivity contribution in [2.75, 3.05) is 5.32 Å². The van der Waals surface area contributed by atoms with Crippen LogP contribution in [0.1, 0.15) is 18.8 Å². The van der Waals surface area contributed by atoms with Crippen molar-refractivity contribution in [3.8, 4) is 0 Å². The number of H-pyrrole nitrogens is 1. The Kier molecular flexibility index (Phi) is 3.66. The van der Waals surface area contributed by atoms with Crippen molar-refractivity contribution < 1.29 is 0 Å². The molecule has 2 rings (SSSR count). The Labute approximate surface area is 112 Å². The van der Waals surface area contributed by atoms with E-state index in [1.807, 2.05) is 6.92 Å². The summed E-state index contributed by atoms with van der Waals surface area (Å²) >= 11 is 17.6. The molecule has 0 amide bonds. The number of hydrogen-bond donors (Lipinski definition) is 2. The molecule has 0 aliphatic heterocycles. The van der Waals surface area contributed by atoms with Gasteiger partial charge in [-0.15, -0.1) is 10.2 Å². The predicted octanol–water partition coefficient (Wildman–Crippen LogP) is 2.73. The Hall–Kier alpha value is -1.11. The second-order valence-corrected chi connectivity index (χ2v) is 4.40. The summed E-state index contributed by atoms with van der Waals surface area (Å²) < 4.78 is 0. The van der Waals surface area contributed by atoms with Crippen molar-refractivity contribution in [3.05, 3.63) is 27.1 Å². The Morgan fingerprint density at radius 2 is 2.06 bits per heavy atom. The Balaban J connectivity index is 2.22. The van der Waals surface area contributed by atoms with Gasteiger partial charge in [-0.25, -0.2) is 4.98 Å². The molecule has 0 aromatic carbocycles. The van der Waals surface area contributed by atoms with Gasteiger partial charge in [0.15, 0.2) is 5.82 Å². The fourth-order valence-electron chi connectivity index (χ4n) is 1.17. The van der Waals surface area contributed by atoms with Gasteiger partial charge < -0.3 is 5.32 Å². The molecule has 1 unspecified atom stereocenters. The molecule has 0 fully saturated rings. The number of aromatic nitrogens is 5. The summed E-state index contributed by atoms with van der Waals surface area (Å²) in [5, 5.41) is 17.4. The molecule has 0 bridgehead atoms. The maximum Gasteiger partial charge on any atom is 0.196 e. The molecular weight excluding hydrogens is 286 g/mol. The molecular formula is C8H7Cl3N6. The fraction of sp³-hybridized carbons (Fsp3) is 0.250. The summed E-state index contributed by atoms with van der Waals surface area (Å²) in [4.78, 5) is 4.03. The lowest BCUT2D eigenvalue weighted by molar-refractivity contribution is 0.788. The summed E-state index contributed by atoms with van der Waals surface area (Å²) in [7, 11) is 0. The Bertz CT molecular complexity index is 514. The quantitative estimate of drug-likeness (QED) is 0.851. The first-order chi connectivity index (χ1) is 8.08. The third-order valence-corrected chi connectivity index (χ3v) is 2.95.